The summed E-state index contributed by atoms with van der Waals surface area (Å²) in [5.74, 6) is -1.67. The molecular weight excluding hydrogens is 370 g/mol. The number of carbonyl (C=O) groups excluding carboxylic acids is 3. The maximum absolute atomic E-state index is 12.0. The second-order valence-corrected chi connectivity index (χ2v) is 7.10. The van der Waals surface area contributed by atoms with E-state index >= 15 is 0 Å². The second-order valence-electron chi connectivity index (χ2n) is 6.15. The molecule has 9 heteroatoms. The molecule has 1 rings (SSSR count). The van der Waals surface area contributed by atoms with Gasteiger partial charge in [-0.15, -0.1) is 0 Å². The number of hydrogen-bond acceptors (Lipinski definition) is 6. The molecule has 1 aromatic carbocycles. The molecule has 0 aromatic heterocycles. The number of benzene rings is 1. The number of hydrogen-bond donors (Lipinski definition) is 4. The van der Waals surface area contributed by atoms with Gasteiger partial charge in [0.25, 0.3) is 0 Å². The average molecular weight is 395 g/mol. The van der Waals surface area contributed by atoms with Crippen LogP contribution in [0, 0.1) is 5.92 Å². The zero-order valence-electron chi connectivity index (χ0n) is 15.4. The standard InChI is InChI=1S/C18H25N3O5S/c1-12(2)14(19-9-15(22)21-10-17(24)25)8-20-16(23)11-27-18(26)13-6-4-3-5-7-13/h3-7,12,14,19H,8-11H2,1-2H3,(H,20,23)(H,21,22)(H,24,25). The molecule has 148 valence electrons. The number of carboxylic acid groups (broad SMARTS) is 1. The highest BCUT2D eigenvalue weighted by Gasteiger charge is 2.16. The Hall–Kier alpha value is -2.39. The average Bonchev–Trinajstić information content (AvgIpc) is 2.64. The summed E-state index contributed by atoms with van der Waals surface area (Å²) in [6.07, 6.45) is 0. The number of thioether (sulfide) groups is 1. The molecule has 0 heterocycles. The maximum Gasteiger partial charge on any atom is 0.322 e. The van der Waals surface area contributed by atoms with E-state index in [1.54, 1.807) is 24.3 Å². The first-order valence-electron chi connectivity index (χ1n) is 8.50. The summed E-state index contributed by atoms with van der Waals surface area (Å²) in [6, 6.07) is 8.57. The molecule has 1 aromatic rings. The van der Waals surface area contributed by atoms with Crippen molar-refractivity contribution >= 4 is 34.7 Å². The van der Waals surface area contributed by atoms with Crippen molar-refractivity contribution in [1.29, 1.82) is 0 Å². The fourth-order valence-corrected chi connectivity index (χ4v) is 2.73. The van der Waals surface area contributed by atoms with Crippen LogP contribution in [-0.2, 0) is 14.4 Å². The van der Waals surface area contributed by atoms with Crippen LogP contribution < -0.4 is 16.0 Å². The summed E-state index contributed by atoms with van der Waals surface area (Å²) in [6.45, 7) is 3.69. The van der Waals surface area contributed by atoms with Gasteiger partial charge in [-0.05, 0) is 5.92 Å². The Kier molecular flexibility index (Phi) is 10.1. The lowest BCUT2D eigenvalue weighted by Crippen LogP contribution is -2.48. The van der Waals surface area contributed by atoms with Crippen molar-refractivity contribution in [1.82, 2.24) is 16.0 Å². The van der Waals surface area contributed by atoms with Crippen LogP contribution in [0.25, 0.3) is 0 Å². The molecule has 0 radical (unpaired) electrons. The van der Waals surface area contributed by atoms with Crippen LogP contribution in [0.15, 0.2) is 30.3 Å². The van der Waals surface area contributed by atoms with Crippen LogP contribution in [0.2, 0.25) is 0 Å². The molecule has 27 heavy (non-hydrogen) atoms. The zero-order chi connectivity index (χ0) is 20.2. The summed E-state index contributed by atoms with van der Waals surface area (Å²) in [4.78, 5) is 45.9. The number of carboxylic acids is 1. The van der Waals surface area contributed by atoms with Crippen molar-refractivity contribution in [2.24, 2.45) is 5.92 Å². The van der Waals surface area contributed by atoms with E-state index in [1.807, 2.05) is 19.9 Å². The van der Waals surface area contributed by atoms with Crippen molar-refractivity contribution < 1.29 is 24.3 Å². The Bertz CT molecular complexity index is 652. The highest BCUT2D eigenvalue weighted by atomic mass is 32.2. The molecule has 8 nitrogen and oxygen atoms in total. The zero-order valence-corrected chi connectivity index (χ0v) is 16.2. The van der Waals surface area contributed by atoms with E-state index in [0.29, 0.717) is 12.1 Å². The molecule has 1 atom stereocenters. The Morgan fingerprint density at radius 2 is 1.67 bits per heavy atom. The molecule has 0 fully saturated rings. The Labute approximate surface area is 162 Å². The van der Waals surface area contributed by atoms with E-state index in [1.165, 1.54) is 0 Å². The van der Waals surface area contributed by atoms with Crippen LogP contribution in [0.5, 0.6) is 0 Å². The van der Waals surface area contributed by atoms with Gasteiger partial charge in [-0.2, -0.15) is 0 Å². The lowest BCUT2D eigenvalue weighted by atomic mass is 10.0. The van der Waals surface area contributed by atoms with Crippen LogP contribution in [-0.4, -0.2) is 59.4 Å². The third kappa shape index (κ3) is 9.76. The van der Waals surface area contributed by atoms with Gasteiger partial charge in [0.15, 0.2) is 0 Å². The number of rotatable bonds is 11. The molecule has 0 aliphatic carbocycles. The molecule has 0 aliphatic heterocycles. The van der Waals surface area contributed by atoms with Gasteiger partial charge in [0, 0.05) is 18.2 Å². The molecule has 0 aliphatic rings. The Morgan fingerprint density at radius 3 is 2.26 bits per heavy atom. The van der Waals surface area contributed by atoms with Crippen LogP contribution in [0.3, 0.4) is 0 Å². The Morgan fingerprint density at radius 1 is 1.00 bits per heavy atom. The minimum atomic E-state index is -1.11. The van der Waals surface area contributed by atoms with Crippen molar-refractivity contribution in [2.45, 2.75) is 19.9 Å². The number of nitrogens with one attached hydrogen (secondary N) is 3. The Balaban J connectivity index is 2.34. The van der Waals surface area contributed by atoms with Gasteiger partial charge in [-0.3, -0.25) is 19.2 Å². The van der Waals surface area contributed by atoms with E-state index in [4.69, 9.17) is 5.11 Å². The monoisotopic (exact) mass is 395 g/mol. The third-order valence-electron chi connectivity index (χ3n) is 3.63. The van der Waals surface area contributed by atoms with Gasteiger partial charge in [0.2, 0.25) is 16.9 Å². The molecule has 4 N–H and O–H groups in total. The summed E-state index contributed by atoms with van der Waals surface area (Å²) >= 11 is 0.934. The van der Waals surface area contributed by atoms with Crippen molar-refractivity contribution in [2.75, 3.05) is 25.4 Å². The molecular formula is C18H25N3O5S. The van der Waals surface area contributed by atoms with E-state index in [0.717, 1.165) is 11.8 Å². The van der Waals surface area contributed by atoms with E-state index in [-0.39, 0.29) is 35.3 Å². The molecule has 2 amide bonds. The summed E-state index contributed by atoms with van der Waals surface area (Å²) < 4.78 is 0. The largest absolute Gasteiger partial charge is 0.480 e. The lowest BCUT2D eigenvalue weighted by Gasteiger charge is -2.22. The highest BCUT2D eigenvalue weighted by Crippen LogP contribution is 2.11. The fourth-order valence-electron chi connectivity index (χ4n) is 2.07. The number of carbonyl (C=O) groups is 4. The quantitative estimate of drug-likeness (QED) is 0.430. The molecule has 1 unspecified atom stereocenters. The fraction of sp³-hybridized carbons (Fsp3) is 0.444. The summed E-state index contributed by atoms with van der Waals surface area (Å²) in [5.41, 5.74) is 0.546. The number of amides is 2. The molecule has 0 saturated carbocycles. The summed E-state index contributed by atoms with van der Waals surface area (Å²) in [7, 11) is 0. The van der Waals surface area contributed by atoms with Crippen LogP contribution in [0.4, 0.5) is 0 Å². The first-order valence-corrected chi connectivity index (χ1v) is 9.49. The van der Waals surface area contributed by atoms with E-state index in [9.17, 15) is 19.2 Å². The molecule has 0 bridgehead atoms. The molecule has 0 saturated heterocycles. The van der Waals surface area contributed by atoms with Crippen molar-refractivity contribution in [3.63, 3.8) is 0 Å². The SMILES string of the molecule is CC(C)C(CNC(=O)CSC(=O)c1ccccc1)NCC(=O)NCC(=O)O. The van der Waals surface area contributed by atoms with Crippen LogP contribution >= 0.6 is 11.8 Å². The van der Waals surface area contributed by atoms with Gasteiger partial charge in [-0.25, -0.2) is 0 Å². The number of aliphatic carboxylic acids is 1. The summed E-state index contributed by atoms with van der Waals surface area (Å²) in [5, 5.41) is 16.4. The third-order valence-corrected chi connectivity index (χ3v) is 4.53. The minimum Gasteiger partial charge on any atom is -0.480 e. The first kappa shape index (κ1) is 22.7. The van der Waals surface area contributed by atoms with Gasteiger partial charge in [0.1, 0.15) is 6.54 Å². The maximum atomic E-state index is 12.0. The van der Waals surface area contributed by atoms with Crippen molar-refractivity contribution in [3.05, 3.63) is 35.9 Å². The van der Waals surface area contributed by atoms with Gasteiger partial charge in [-0.1, -0.05) is 55.9 Å². The lowest BCUT2D eigenvalue weighted by molar-refractivity contribution is -0.137. The topological polar surface area (TPSA) is 125 Å². The van der Waals surface area contributed by atoms with Gasteiger partial charge in [0.05, 0.1) is 12.3 Å². The van der Waals surface area contributed by atoms with Gasteiger partial charge < -0.3 is 21.1 Å². The predicted molar refractivity (Wildman–Crippen MR) is 104 cm³/mol. The van der Waals surface area contributed by atoms with Gasteiger partial charge >= 0.3 is 5.97 Å². The van der Waals surface area contributed by atoms with E-state index < -0.39 is 18.4 Å². The molecule has 0 spiro atoms. The van der Waals surface area contributed by atoms with Crippen LogP contribution in [0.1, 0.15) is 24.2 Å². The predicted octanol–water partition coefficient (Wildman–Crippen LogP) is 0.491. The smallest absolute Gasteiger partial charge is 0.322 e. The van der Waals surface area contributed by atoms with Crippen molar-refractivity contribution in [3.8, 4) is 0 Å². The minimum absolute atomic E-state index is 0.0115. The first-order chi connectivity index (χ1) is 12.8. The normalized spacial score (nSPS) is 11.7. The second kappa shape index (κ2) is 12.1. The highest BCUT2D eigenvalue weighted by molar-refractivity contribution is 8.14. The van der Waals surface area contributed by atoms with E-state index in [2.05, 4.69) is 16.0 Å².